The van der Waals surface area contributed by atoms with Gasteiger partial charge < -0.3 is 24.8 Å². The SMILES string of the molecule is Cc1cc(C(=O)Nc2ccnn2-c2cccc(C(=O)Nc3ccc(N4CCOCC4)cc3)c2)no1. The molecular weight excluding hydrogens is 448 g/mol. The summed E-state index contributed by atoms with van der Waals surface area (Å²) in [5.74, 6) is 0.310. The lowest BCUT2D eigenvalue weighted by atomic mass is 10.1. The molecule has 0 unspecified atom stereocenters. The van der Waals surface area contributed by atoms with E-state index in [1.807, 2.05) is 24.3 Å². The Morgan fingerprint density at radius 2 is 1.71 bits per heavy atom. The molecule has 0 aliphatic carbocycles. The largest absolute Gasteiger partial charge is 0.378 e. The topological polar surface area (TPSA) is 115 Å². The maximum Gasteiger partial charge on any atom is 0.279 e. The van der Waals surface area contributed by atoms with E-state index in [2.05, 4.69) is 25.8 Å². The Hall–Kier alpha value is -4.44. The first-order valence-corrected chi connectivity index (χ1v) is 11.2. The third-order valence-electron chi connectivity index (χ3n) is 5.60. The first-order chi connectivity index (χ1) is 17.1. The van der Waals surface area contributed by atoms with E-state index in [0.717, 1.165) is 32.0 Å². The van der Waals surface area contributed by atoms with Crippen LogP contribution in [-0.2, 0) is 4.74 Å². The Morgan fingerprint density at radius 1 is 0.914 bits per heavy atom. The smallest absolute Gasteiger partial charge is 0.279 e. The third-order valence-corrected chi connectivity index (χ3v) is 5.60. The Balaban J connectivity index is 1.28. The lowest BCUT2D eigenvalue weighted by molar-refractivity contribution is 0.101. The van der Waals surface area contributed by atoms with Gasteiger partial charge in [-0.25, -0.2) is 4.68 Å². The maximum atomic E-state index is 12.9. The number of amides is 2. The van der Waals surface area contributed by atoms with Crippen molar-refractivity contribution in [2.45, 2.75) is 6.92 Å². The van der Waals surface area contributed by atoms with Gasteiger partial charge in [-0.15, -0.1) is 0 Å². The van der Waals surface area contributed by atoms with Crippen LogP contribution in [0.25, 0.3) is 5.69 Å². The molecular formula is C25H24N6O4. The van der Waals surface area contributed by atoms with Crippen molar-refractivity contribution >= 4 is 29.0 Å². The van der Waals surface area contributed by atoms with Gasteiger partial charge in [-0.1, -0.05) is 11.2 Å². The van der Waals surface area contributed by atoms with E-state index in [0.29, 0.717) is 28.5 Å². The van der Waals surface area contributed by atoms with Crippen molar-refractivity contribution in [2.24, 2.45) is 0 Å². The number of carbonyl (C=O) groups is 2. The predicted molar refractivity (Wildman–Crippen MR) is 130 cm³/mol. The predicted octanol–water partition coefficient (Wildman–Crippen LogP) is 3.51. The van der Waals surface area contributed by atoms with Crippen LogP contribution in [0.5, 0.6) is 0 Å². The quantitative estimate of drug-likeness (QED) is 0.441. The molecule has 35 heavy (non-hydrogen) atoms. The van der Waals surface area contributed by atoms with Crippen molar-refractivity contribution < 1.29 is 18.8 Å². The average molecular weight is 473 g/mol. The van der Waals surface area contributed by atoms with E-state index in [1.54, 1.807) is 54.2 Å². The summed E-state index contributed by atoms with van der Waals surface area (Å²) in [6, 6.07) is 18.0. The van der Waals surface area contributed by atoms with Crippen LogP contribution in [0, 0.1) is 6.92 Å². The summed E-state index contributed by atoms with van der Waals surface area (Å²) in [7, 11) is 0. The van der Waals surface area contributed by atoms with E-state index in [9.17, 15) is 9.59 Å². The highest BCUT2D eigenvalue weighted by molar-refractivity contribution is 6.05. The number of rotatable bonds is 6. The number of nitrogens with zero attached hydrogens (tertiary/aromatic N) is 4. The molecule has 10 heteroatoms. The first kappa shape index (κ1) is 22.4. The second-order valence-electron chi connectivity index (χ2n) is 8.06. The van der Waals surface area contributed by atoms with Crippen LogP contribution in [0.2, 0.25) is 0 Å². The average Bonchev–Trinajstić information content (AvgIpc) is 3.54. The molecule has 0 spiro atoms. The van der Waals surface area contributed by atoms with E-state index >= 15 is 0 Å². The normalized spacial score (nSPS) is 13.5. The Kier molecular flexibility index (Phi) is 6.27. The fourth-order valence-electron chi connectivity index (χ4n) is 3.82. The lowest BCUT2D eigenvalue weighted by Gasteiger charge is -2.28. The van der Waals surface area contributed by atoms with Crippen LogP contribution >= 0.6 is 0 Å². The van der Waals surface area contributed by atoms with Gasteiger partial charge in [-0.3, -0.25) is 9.59 Å². The Morgan fingerprint density at radius 3 is 2.46 bits per heavy atom. The van der Waals surface area contributed by atoms with Gasteiger partial charge in [0.2, 0.25) is 0 Å². The number of morpholine rings is 1. The van der Waals surface area contributed by atoms with E-state index < -0.39 is 5.91 Å². The lowest BCUT2D eigenvalue weighted by Crippen LogP contribution is -2.36. The van der Waals surface area contributed by atoms with Crippen molar-refractivity contribution in [1.29, 1.82) is 0 Å². The number of hydrogen-bond acceptors (Lipinski definition) is 7. The molecule has 2 aromatic heterocycles. The van der Waals surface area contributed by atoms with Crippen molar-refractivity contribution in [1.82, 2.24) is 14.9 Å². The fourth-order valence-corrected chi connectivity index (χ4v) is 3.82. The molecule has 178 valence electrons. The summed E-state index contributed by atoms with van der Waals surface area (Å²) in [5.41, 5.74) is 3.05. The zero-order valence-corrected chi connectivity index (χ0v) is 19.1. The highest BCUT2D eigenvalue weighted by atomic mass is 16.5. The van der Waals surface area contributed by atoms with Crippen LogP contribution in [0.4, 0.5) is 17.2 Å². The van der Waals surface area contributed by atoms with Crippen molar-refractivity contribution in [3.05, 3.63) is 83.9 Å². The van der Waals surface area contributed by atoms with Crippen LogP contribution in [0.1, 0.15) is 26.6 Å². The van der Waals surface area contributed by atoms with Crippen molar-refractivity contribution in [3.8, 4) is 5.69 Å². The van der Waals surface area contributed by atoms with Crippen molar-refractivity contribution in [2.75, 3.05) is 41.8 Å². The van der Waals surface area contributed by atoms with Gasteiger partial charge in [0.15, 0.2) is 5.69 Å². The van der Waals surface area contributed by atoms with Gasteiger partial charge >= 0.3 is 0 Å². The molecule has 10 nitrogen and oxygen atoms in total. The number of aromatic nitrogens is 3. The van der Waals surface area contributed by atoms with Gasteiger partial charge in [0.1, 0.15) is 11.6 Å². The minimum Gasteiger partial charge on any atom is -0.378 e. The number of nitrogens with one attached hydrogen (secondary N) is 2. The molecule has 0 saturated carbocycles. The number of hydrogen-bond donors (Lipinski definition) is 2. The van der Waals surface area contributed by atoms with Gasteiger partial charge in [-0.2, -0.15) is 5.10 Å². The molecule has 1 fully saturated rings. The molecule has 2 N–H and O–H groups in total. The maximum absolute atomic E-state index is 12.9. The molecule has 1 aliphatic rings. The minimum absolute atomic E-state index is 0.169. The number of anilines is 3. The van der Waals surface area contributed by atoms with Crippen molar-refractivity contribution in [3.63, 3.8) is 0 Å². The Labute approximate surface area is 201 Å². The van der Waals surface area contributed by atoms with Gasteiger partial charge in [0.05, 0.1) is 25.1 Å². The molecule has 0 radical (unpaired) electrons. The van der Waals surface area contributed by atoms with Gasteiger partial charge in [-0.05, 0) is 49.4 Å². The molecule has 1 aliphatic heterocycles. The number of aryl methyl sites for hydroxylation is 1. The molecule has 2 aromatic carbocycles. The van der Waals surface area contributed by atoms with Crippen LogP contribution in [0.15, 0.2) is 71.4 Å². The summed E-state index contributed by atoms with van der Waals surface area (Å²) in [5, 5.41) is 13.7. The minimum atomic E-state index is -0.418. The van der Waals surface area contributed by atoms with Gasteiger partial charge in [0.25, 0.3) is 11.8 Å². The van der Waals surface area contributed by atoms with E-state index in [4.69, 9.17) is 9.26 Å². The monoisotopic (exact) mass is 472 g/mol. The number of benzene rings is 2. The summed E-state index contributed by atoms with van der Waals surface area (Å²) in [6.07, 6.45) is 1.56. The molecule has 0 bridgehead atoms. The number of ether oxygens (including phenoxy) is 1. The summed E-state index contributed by atoms with van der Waals surface area (Å²) < 4.78 is 11.9. The highest BCUT2D eigenvalue weighted by Crippen LogP contribution is 2.21. The van der Waals surface area contributed by atoms with Crippen LogP contribution < -0.4 is 15.5 Å². The molecule has 0 atom stereocenters. The summed E-state index contributed by atoms with van der Waals surface area (Å²) in [6.45, 7) is 4.86. The second-order valence-corrected chi connectivity index (χ2v) is 8.06. The van der Waals surface area contributed by atoms with E-state index in [1.165, 1.54) is 0 Å². The third kappa shape index (κ3) is 5.07. The Bertz CT molecular complexity index is 1340. The molecule has 2 amide bonds. The molecule has 3 heterocycles. The summed E-state index contributed by atoms with van der Waals surface area (Å²) >= 11 is 0. The number of carbonyl (C=O) groups excluding carboxylic acids is 2. The molecule has 5 rings (SSSR count). The molecule has 4 aromatic rings. The van der Waals surface area contributed by atoms with Gasteiger partial charge in [0, 0.05) is 42.2 Å². The summed E-state index contributed by atoms with van der Waals surface area (Å²) in [4.78, 5) is 27.6. The van der Waals surface area contributed by atoms with Crippen LogP contribution in [0.3, 0.4) is 0 Å². The van der Waals surface area contributed by atoms with Crippen LogP contribution in [-0.4, -0.2) is 53.1 Å². The van der Waals surface area contributed by atoms with E-state index in [-0.39, 0.29) is 11.6 Å². The second kappa shape index (κ2) is 9.82. The molecule has 1 saturated heterocycles. The standard InChI is InChI=1S/C25H24N6O4/c1-17-15-22(29-35-17)25(33)28-23-9-10-26-31(23)21-4-2-3-18(16-21)24(32)27-19-5-7-20(8-6-19)30-11-13-34-14-12-30/h2-10,15-16H,11-14H2,1H3,(H,27,32)(H,28,33). The zero-order chi connectivity index (χ0) is 24.2. The first-order valence-electron chi connectivity index (χ1n) is 11.2. The fraction of sp³-hybridized carbons (Fsp3) is 0.200. The highest BCUT2D eigenvalue weighted by Gasteiger charge is 2.16. The zero-order valence-electron chi connectivity index (χ0n) is 19.1.